The van der Waals surface area contributed by atoms with Gasteiger partial charge in [0.1, 0.15) is 0 Å². The van der Waals surface area contributed by atoms with Crippen LogP contribution < -0.4 is 0 Å². The van der Waals surface area contributed by atoms with Gasteiger partial charge in [0.15, 0.2) is 0 Å². The second-order valence-corrected chi connectivity index (χ2v) is 7.17. The van der Waals surface area contributed by atoms with Crippen molar-refractivity contribution in [3.8, 4) is 0 Å². The van der Waals surface area contributed by atoms with Crippen molar-refractivity contribution in [1.29, 1.82) is 0 Å². The minimum Gasteiger partial charge on any atom is -0.358 e. The Morgan fingerprint density at radius 2 is 1.42 bits per heavy atom. The molecular weight excluding hydrogens is 367 g/mol. The molecule has 24 heavy (non-hydrogen) atoms. The van der Waals surface area contributed by atoms with Gasteiger partial charge in [0, 0.05) is 0 Å². The van der Waals surface area contributed by atoms with Gasteiger partial charge in [0.2, 0.25) is 0 Å². The van der Waals surface area contributed by atoms with E-state index in [9.17, 15) is 0 Å². The minimum absolute atomic E-state index is 0. The molecule has 0 amide bonds. The Balaban J connectivity index is 0. The quantitative estimate of drug-likeness (QED) is 0.423. The molecule has 0 saturated carbocycles. The Bertz CT molecular complexity index is 618. The van der Waals surface area contributed by atoms with Crippen LogP contribution in [-0.2, 0) is 31.6 Å². The fourth-order valence-electron chi connectivity index (χ4n) is 3.61. The van der Waals surface area contributed by atoms with Crippen molar-refractivity contribution < 1.29 is 26.2 Å². The van der Waals surface area contributed by atoms with Crippen molar-refractivity contribution in [2.75, 3.05) is 0 Å². The largest absolute Gasteiger partial charge is 4.00 e. The van der Waals surface area contributed by atoms with Crippen molar-refractivity contribution in [2.24, 2.45) is 0 Å². The summed E-state index contributed by atoms with van der Waals surface area (Å²) >= 11 is 0. The minimum atomic E-state index is 0. The first-order valence-electron chi connectivity index (χ1n) is 7.86. The van der Waals surface area contributed by atoms with Gasteiger partial charge in [-0.3, -0.25) is 0 Å². The summed E-state index contributed by atoms with van der Waals surface area (Å²) in [5.74, 6) is 1.56. The van der Waals surface area contributed by atoms with Gasteiger partial charge in [-0.2, -0.15) is 35.2 Å². The van der Waals surface area contributed by atoms with E-state index < -0.39 is 0 Å². The third-order valence-electron chi connectivity index (χ3n) is 4.83. The van der Waals surface area contributed by atoms with Crippen molar-refractivity contribution in [3.63, 3.8) is 0 Å². The van der Waals surface area contributed by atoms with Crippen molar-refractivity contribution in [3.05, 3.63) is 84.5 Å². The molecule has 0 unspecified atom stereocenters. The fourth-order valence-corrected chi connectivity index (χ4v) is 3.61. The summed E-state index contributed by atoms with van der Waals surface area (Å²) in [7, 11) is 0. The maximum Gasteiger partial charge on any atom is 4.00 e. The maximum absolute atomic E-state index is 2.38. The molecule has 2 aromatic rings. The molecule has 0 N–H and O–H groups in total. The summed E-state index contributed by atoms with van der Waals surface area (Å²) < 4.78 is 0. The topological polar surface area (TPSA) is 0 Å². The normalized spacial score (nSPS) is 13.5. The van der Waals surface area contributed by atoms with E-state index in [0.29, 0.717) is 5.41 Å². The third kappa shape index (κ3) is 5.16. The first kappa shape index (κ1) is 25.6. The number of hydrogen-bond donors (Lipinski definition) is 0. The van der Waals surface area contributed by atoms with Crippen LogP contribution in [0, 0.1) is 48.5 Å². The van der Waals surface area contributed by atoms with Crippen LogP contribution in [0.1, 0.15) is 60.6 Å². The summed E-state index contributed by atoms with van der Waals surface area (Å²) in [6, 6.07) is 10.6. The van der Waals surface area contributed by atoms with Gasteiger partial charge in [-0.25, -0.2) is 12.1 Å². The number of fused-ring (bicyclic) bond motifs is 1. The monoisotopic (exact) mass is 400 g/mol. The van der Waals surface area contributed by atoms with E-state index in [4.69, 9.17) is 0 Å². The molecule has 0 bridgehead atoms. The summed E-state index contributed by atoms with van der Waals surface area (Å²) in [5.41, 5.74) is 9.19. The first-order valence-corrected chi connectivity index (χ1v) is 7.86. The Hall–Kier alpha value is -0.677. The van der Waals surface area contributed by atoms with Crippen molar-refractivity contribution in [2.45, 2.75) is 60.3 Å². The third-order valence-corrected chi connectivity index (χ3v) is 4.83. The number of rotatable bonds is 0. The second-order valence-electron chi connectivity index (χ2n) is 7.17. The molecule has 0 heterocycles. The van der Waals surface area contributed by atoms with Gasteiger partial charge < -0.3 is 14.9 Å². The van der Waals surface area contributed by atoms with Gasteiger partial charge in [-0.1, -0.05) is 58.9 Å². The number of hydrogen-bond acceptors (Lipinski definition) is 0. The van der Waals surface area contributed by atoms with Crippen LogP contribution in [-0.4, -0.2) is 0 Å². The Morgan fingerprint density at radius 1 is 0.917 bits per heavy atom. The predicted molar refractivity (Wildman–Crippen MR) is 106 cm³/mol. The summed E-state index contributed by atoms with van der Waals surface area (Å²) in [6.45, 7) is 15.8. The van der Waals surface area contributed by atoms with Crippen LogP contribution in [0.15, 0.2) is 30.3 Å². The van der Waals surface area contributed by atoms with Crippen molar-refractivity contribution in [1.82, 2.24) is 0 Å². The van der Waals surface area contributed by atoms with Gasteiger partial charge in [-0.15, -0.1) is 16.7 Å². The Labute approximate surface area is 170 Å². The molecule has 0 atom stereocenters. The molecule has 0 fully saturated rings. The Morgan fingerprint density at radius 3 is 1.83 bits per heavy atom. The summed E-state index contributed by atoms with van der Waals surface area (Å²) in [6.07, 6.45) is 1.21. The molecule has 0 aliphatic heterocycles. The first-order chi connectivity index (χ1) is 9.74. The average molecular weight is 402 g/mol. The van der Waals surface area contributed by atoms with E-state index in [1.165, 1.54) is 34.2 Å². The molecule has 1 heteroatoms. The molecule has 0 saturated heterocycles. The number of aryl methyl sites for hydroxylation is 2. The maximum atomic E-state index is 2.38. The van der Waals surface area contributed by atoms with Crippen molar-refractivity contribution >= 4 is 0 Å². The molecule has 2 aromatic carbocycles. The second kappa shape index (κ2) is 9.71. The Kier molecular flexibility index (Phi) is 10.3. The van der Waals surface area contributed by atoms with Gasteiger partial charge in [-0.05, 0) is 6.92 Å². The van der Waals surface area contributed by atoms with Gasteiger partial charge in [0.05, 0.1) is 0 Å². The predicted octanol–water partition coefficient (Wildman–Crippen LogP) is 6.85. The molecule has 0 aromatic heterocycles. The standard InChI is InChI=1S/C15H21.C6H7.2CH3.Zr/c1-9-7-13-10(2)8-15(5,6)14(13)12(4)11(9)3;1-6-4-2-3-5-6;;;/h7H,8H2,1-6H3;2-5H,1H3;2*1H3;/q4*-1;+4. The van der Waals surface area contributed by atoms with Gasteiger partial charge >= 0.3 is 26.2 Å². The average Bonchev–Trinajstić information content (AvgIpc) is 2.93. The molecule has 0 nitrogen and oxygen atoms in total. The van der Waals surface area contributed by atoms with Crippen LogP contribution in [0.25, 0.3) is 0 Å². The molecule has 3 rings (SSSR count). The zero-order valence-electron chi connectivity index (χ0n) is 17.1. The summed E-state index contributed by atoms with van der Waals surface area (Å²) in [5, 5.41) is 0. The molecule has 130 valence electrons. The van der Waals surface area contributed by atoms with E-state index in [1.807, 2.05) is 12.1 Å². The fraction of sp³-hybridized carbons (Fsp3) is 0.391. The number of benzene rings is 1. The van der Waals surface area contributed by atoms with E-state index in [1.54, 1.807) is 11.5 Å². The molecular formula is C23H34Zr. The van der Waals surface area contributed by atoms with E-state index >= 15 is 0 Å². The zero-order valence-corrected chi connectivity index (χ0v) is 19.6. The molecule has 0 radical (unpaired) electrons. The van der Waals surface area contributed by atoms with E-state index in [-0.39, 0.29) is 41.1 Å². The summed E-state index contributed by atoms with van der Waals surface area (Å²) in [4.78, 5) is 0. The van der Waals surface area contributed by atoms with Gasteiger partial charge in [0.25, 0.3) is 0 Å². The van der Waals surface area contributed by atoms with E-state index in [2.05, 4.69) is 66.7 Å². The molecule has 0 spiro atoms. The van der Waals surface area contributed by atoms with Crippen LogP contribution in [0.5, 0.6) is 0 Å². The van der Waals surface area contributed by atoms with Crippen LogP contribution in [0.3, 0.4) is 0 Å². The van der Waals surface area contributed by atoms with E-state index in [0.717, 1.165) is 0 Å². The smallest absolute Gasteiger partial charge is 0.358 e. The van der Waals surface area contributed by atoms with Crippen LogP contribution in [0.4, 0.5) is 0 Å². The molecule has 1 aliphatic rings. The zero-order chi connectivity index (χ0) is 15.8. The SMILES string of the molecule is C[c-]1cccc1.Cc1cc2c(c(C)c1C)C(C)(C)C[C-]2C.[CH3-].[CH3-].[Zr+4]. The van der Waals surface area contributed by atoms with Crippen LogP contribution in [0.2, 0.25) is 0 Å². The molecule has 1 aliphatic carbocycles. The van der Waals surface area contributed by atoms with Crippen LogP contribution >= 0.6 is 0 Å².